The van der Waals surface area contributed by atoms with E-state index >= 15 is 0 Å². The number of hydrogen-bond acceptors (Lipinski definition) is 3. The fourth-order valence-corrected chi connectivity index (χ4v) is 5.63. The summed E-state index contributed by atoms with van der Waals surface area (Å²) in [5, 5.41) is 0.334. The van der Waals surface area contributed by atoms with Gasteiger partial charge in [0.15, 0.2) is 5.17 Å². The maximum Gasteiger partial charge on any atom is 0.416 e. The Morgan fingerprint density at radius 2 is 1.50 bits per heavy atom. The summed E-state index contributed by atoms with van der Waals surface area (Å²) in [6.07, 6.45) is -4.44. The minimum Gasteiger partial charge on any atom is -0.333 e. The van der Waals surface area contributed by atoms with Crippen LogP contribution in [-0.4, -0.2) is 40.5 Å². The van der Waals surface area contributed by atoms with Crippen LogP contribution in [0.5, 0.6) is 0 Å². The Kier molecular flexibility index (Phi) is 9.23. The molecule has 1 saturated carbocycles. The van der Waals surface area contributed by atoms with E-state index in [0.29, 0.717) is 17.3 Å². The first-order chi connectivity index (χ1) is 15.3. The van der Waals surface area contributed by atoms with Crippen LogP contribution in [0.1, 0.15) is 63.5 Å². The van der Waals surface area contributed by atoms with Crippen molar-refractivity contribution in [2.45, 2.75) is 82.2 Å². The number of amidine groups is 1. The average Bonchev–Trinajstić information content (AvgIpc) is 2.88. The van der Waals surface area contributed by atoms with Crippen LogP contribution in [-0.2, 0) is 17.1 Å². The summed E-state index contributed by atoms with van der Waals surface area (Å²) >= 11 is 1.38. The number of amides is 1. The molecule has 2 fully saturated rings. The molecule has 0 bridgehead atoms. The summed E-state index contributed by atoms with van der Waals surface area (Å²) in [4.78, 5) is 20.1. The standard InChI is InChI=1S/C22H27F6N3OS.ClH/c1-13-19(30(3)20(33-13)29-17-8-6-4-5-7-9-17)31(14(2)32)18-11-15(21(23,24)25)10-16(12-18)22(26,27)28;/h10-13,17,19H,4-9H2,1-3H3;1H. The topological polar surface area (TPSA) is 35.9 Å². The minimum atomic E-state index is -4.99. The van der Waals surface area contributed by atoms with E-state index in [9.17, 15) is 31.1 Å². The largest absolute Gasteiger partial charge is 0.416 e. The molecule has 192 valence electrons. The Balaban J connectivity index is 0.00000408. The molecule has 12 heteroatoms. The van der Waals surface area contributed by atoms with Crippen LogP contribution in [0.2, 0.25) is 0 Å². The van der Waals surface area contributed by atoms with Crippen LogP contribution < -0.4 is 4.90 Å². The minimum absolute atomic E-state index is 0. The number of halogens is 7. The van der Waals surface area contributed by atoms with Gasteiger partial charge in [-0.15, -0.1) is 12.4 Å². The quantitative estimate of drug-likeness (QED) is 0.312. The Labute approximate surface area is 205 Å². The van der Waals surface area contributed by atoms with E-state index in [1.165, 1.54) is 11.8 Å². The number of anilines is 1. The van der Waals surface area contributed by atoms with Gasteiger partial charge in [-0.05, 0) is 38.0 Å². The number of benzene rings is 1. The average molecular weight is 532 g/mol. The third-order valence-electron chi connectivity index (χ3n) is 5.98. The van der Waals surface area contributed by atoms with E-state index < -0.39 is 41.2 Å². The van der Waals surface area contributed by atoms with E-state index in [2.05, 4.69) is 0 Å². The molecule has 1 amide bonds. The zero-order valence-corrected chi connectivity index (χ0v) is 20.7. The van der Waals surface area contributed by atoms with Crippen LogP contribution in [0.15, 0.2) is 23.2 Å². The van der Waals surface area contributed by atoms with Gasteiger partial charge >= 0.3 is 12.4 Å². The molecule has 2 atom stereocenters. The normalized spacial score (nSPS) is 23.6. The van der Waals surface area contributed by atoms with Crippen molar-refractivity contribution in [3.63, 3.8) is 0 Å². The SMILES string of the molecule is CC(=O)N(c1cc(C(F)(F)F)cc(C(F)(F)F)c1)C1C(C)SC(=NC2CCCCCC2)N1C.Cl. The second-order valence-electron chi connectivity index (χ2n) is 8.56. The number of hydrogen-bond donors (Lipinski definition) is 0. The van der Waals surface area contributed by atoms with Crippen molar-refractivity contribution in [1.29, 1.82) is 0 Å². The first-order valence-electron chi connectivity index (χ1n) is 10.9. The lowest BCUT2D eigenvalue weighted by molar-refractivity contribution is -0.143. The van der Waals surface area contributed by atoms with Crippen LogP contribution >= 0.6 is 24.2 Å². The zero-order valence-electron chi connectivity index (χ0n) is 19.0. The predicted molar refractivity (Wildman–Crippen MR) is 124 cm³/mol. The molecule has 4 nitrogen and oxygen atoms in total. The first kappa shape index (κ1) is 28.6. The van der Waals surface area contributed by atoms with Gasteiger partial charge in [0.25, 0.3) is 0 Å². The van der Waals surface area contributed by atoms with E-state index in [1.807, 2.05) is 0 Å². The lowest BCUT2D eigenvalue weighted by Crippen LogP contribution is -2.51. The molecular formula is C22H28ClF6N3OS. The summed E-state index contributed by atoms with van der Waals surface area (Å²) in [5.74, 6) is -0.650. The van der Waals surface area contributed by atoms with Gasteiger partial charge in [-0.2, -0.15) is 26.3 Å². The van der Waals surface area contributed by atoms with E-state index in [0.717, 1.165) is 50.3 Å². The lowest BCUT2D eigenvalue weighted by atomic mass is 10.1. The molecule has 1 aliphatic heterocycles. The number of rotatable bonds is 3. The second kappa shape index (κ2) is 11.0. The maximum atomic E-state index is 13.4. The van der Waals surface area contributed by atoms with Gasteiger partial charge in [0.1, 0.15) is 6.17 Å². The van der Waals surface area contributed by atoms with Gasteiger partial charge in [0.2, 0.25) is 5.91 Å². The highest BCUT2D eigenvalue weighted by atomic mass is 35.5. The Morgan fingerprint density at radius 3 is 1.94 bits per heavy atom. The number of nitrogens with zero attached hydrogens (tertiary/aromatic N) is 3. The van der Waals surface area contributed by atoms with Crippen molar-refractivity contribution < 1.29 is 31.1 Å². The van der Waals surface area contributed by atoms with Gasteiger partial charge < -0.3 is 4.90 Å². The van der Waals surface area contributed by atoms with Gasteiger partial charge in [-0.3, -0.25) is 14.7 Å². The Hall–Kier alpha value is -1.62. The van der Waals surface area contributed by atoms with Crippen LogP contribution in [0.3, 0.4) is 0 Å². The molecule has 2 aliphatic rings. The third kappa shape index (κ3) is 6.53. The van der Waals surface area contributed by atoms with Crippen molar-refractivity contribution in [3.05, 3.63) is 29.3 Å². The fraction of sp³-hybridized carbons (Fsp3) is 0.636. The molecule has 0 spiro atoms. The Bertz CT molecular complexity index is 867. The van der Waals surface area contributed by atoms with Gasteiger partial charge in [0, 0.05) is 24.9 Å². The van der Waals surface area contributed by atoms with Crippen LogP contribution in [0, 0.1) is 0 Å². The highest BCUT2D eigenvalue weighted by Crippen LogP contribution is 2.41. The number of aliphatic imine (C=N–C) groups is 1. The smallest absolute Gasteiger partial charge is 0.333 e. The van der Waals surface area contributed by atoms with Crippen molar-refractivity contribution >= 4 is 40.9 Å². The van der Waals surface area contributed by atoms with Crippen LogP contribution in [0.4, 0.5) is 32.0 Å². The summed E-state index contributed by atoms with van der Waals surface area (Å²) < 4.78 is 80.3. The van der Waals surface area contributed by atoms with Crippen LogP contribution in [0.25, 0.3) is 0 Å². The molecule has 1 heterocycles. The highest BCUT2D eigenvalue weighted by molar-refractivity contribution is 8.14. The van der Waals surface area contributed by atoms with Gasteiger partial charge in [0.05, 0.1) is 17.2 Å². The van der Waals surface area contributed by atoms with E-state index in [1.54, 1.807) is 18.9 Å². The maximum absolute atomic E-state index is 13.4. The first-order valence-corrected chi connectivity index (χ1v) is 11.7. The summed E-state index contributed by atoms with van der Waals surface area (Å²) in [7, 11) is 1.67. The fourth-order valence-electron chi connectivity index (χ4n) is 4.38. The number of thioether (sulfide) groups is 1. The van der Waals surface area contributed by atoms with Gasteiger partial charge in [-0.1, -0.05) is 37.4 Å². The molecule has 1 aliphatic carbocycles. The molecule has 3 rings (SSSR count). The van der Waals surface area contributed by atoms with Gasteiger partial charge in [-0.25, -0.2) is 0 Å². The summed E-state index contributed by atoms with van der Waals surface area (Å²) in [6, 6.07) is 1.39. The molecule has 34 heavy (non-hydrogen) atoms. The summed E-state index contributed by atoms with van der Waals surface area (Å²) in [5.41, 5.74) is -3.34. The molecule has 1 saturated heterocycles. The number of alkyl halides is 6. The number of carbonyl (C=O) groups is 1. The Morgan fingerprint density at radius 1 is 1.00 bits per heavy atom. The monoisotopic (exact) mass is 531 g/mol. The molecule has 0 N–H and O–H groups in total. The second-order valence-corrected chi connectivity index (χ2v) is 9.90. The molecule has 2 unspecified atom stereocenters. The highest BCUT2D eigenvalue weighted by Gasteiger charge is 2.43. The lowest BCUT2D eigenvalue weighted by Gasteiger charge is -2.35. The summed E-state index contributed by atoms with van der Waals surface area (Å²) in [6.45, 7) is 2.93. The third-order valence-corrected chi connectivity index (χ3v) is 7.20. The number of carbonyl (C=O) groups excluding carboxylic acids is 1. The van der Waals surface area contributed by atoms with Crippen molar-refractivity contribution in [1.82, 2.24) is 4.90 Å². The molecule has 0 aromatic heterocycles. The molecule has 1 aromatic rings. The molecular weight excluding hydrogens is 504 g/mol. The molecule has 0 radical (unpaired) electrons. The zero-order chi connectivity index (χ0) is 24.6. The molecule has 1 aromatic carbocycles. The van der Waals surface area contributed by atoms with Crippen molar-refractivity contribution in [2.75, 3.05) is 11.9 Å². The predicted octanol–water partition coefficient (Wildman–Crippen LogP) is 6.97. The van der Waals surface area contributed by atoms with E-state index in [4.69, 9.17) is 4.99 Å². The van der Waals surface area contributed by atoms with Crippen molar-refractivity contribution in [2.24, 2.45) is 4.99 Å². The van der Waals surface area contributed by atoms with E-state index in [-0.39, 0.29) is 29.8 Å². The van der Waals surface area contributed by atoms with Crippen molar-refractivity contribution in [3.8, 4) is 0 Å².